The zero-order valence-corrected chi connectivity index (χ0v) is 20.7. The number of nitrogens with one attached hydrogen (secondary N) is 2. The smallest absolute Gasteiger partial charge is 0.267 e. The van der Waals surface area contributed by atoms with Gasteiger partial charge in [0, 0.05) is 40.3 Å². The van der Waals surface area contributed by atoms with Crippen molar-refractivity contribution in [1.82, 2.24) is 10.6 Å². The number of hydrogen-bond donors (Lipinski definition) is 2. The lowest BCUT2D eigenvalue weighted by molar-refractivity contribution is -0.117. The highest BCUT2D eigenvalue weighted by Crippen LogP contribution is 2.27. The molecule has 10 heteroatoms. The molecular weight excluding hydrogens is 495 g/mol. The first kappa shape index (κ1) is 26.2. The summed E-state index contributed by atoms with van der Waals surface area (Å²) in [6.07, 6.45) is 2.89. The Morgan fingerprint density at radius 3 is 2.60 bits per heavy atom. The van der Waals surface area contributed by atoms with Crippen molar-refractivity contribution in [2.75, 3.05) is 26.5 Å². The molecule has 1 heterocycles. The maximum Gasteiger partial charge on any atom is 0.267 e. The molecule has 3 aromatic rings. The van der Waals surface area contributed by atoms with E-state index in [2.05, 4.69) is 10.6 Å². The average molecular weight is 519 g/mol. The van der Waals surface area contributed by atoms with Gasteiger partial charge in [-0.15, -0.1) is 0 Å². The third kappa shape index (κ3) is 7.27. The van der Waals surface area contributed by atoms with Crippen LogP contribution in [0.4, 0.5) is 4.39 Å². The van der Waals surface area contributed by atoms with E-state index in [1.54, 1.807) is 36.4 Å². The van der Waals surface area contributed by atoms with Gasteiger partial charge in [-0.1, -0.05) is 17.7 Å². The highest BCUT2D eigenvalue weighted by Gasteiger charge is 2.17. The van der Waals surface area contributed by atoms with Crippen LogP contribution in [0.5, 0.6) is 11.5 Å². The van der Waals surface area contributed by atoms with Gasteiger partial charge in [0.25, 0.3) is 11.8 Å². The minimum Gasteiger partial charge on any atom is -0.493 e. The first-order valence-corrected chi connectivity index (χ1v) is 12.0. The molecule has 35 heavy (non-hydrogen) atoms. The Balaban J connectivity index is 1.63. The van der Waals surface area contributed by atoms with Crippen molar-refractivity contribution in [2.24, 2.45) is 0 Å². The number of hydrogen-bond acceptors (Lipinski definition) is 6. The van der Waals surface area contributed by atoms with Gasteiger partial charge in [0.15, 0.2) is 11.5 Å². The van der Waals surface area contributed by atoms with E-state index in [0.717, 1.165) is 0 Å². The molecular formula is C25H24ClFN2O5S. The van der Waals surface area contributed by atoms with Crippen molar-refractivity contribution in [3.8, 4) is 11.5 Å². The number of rotatable bonds is 11. The molecule has 1 aromatic heterocycles. The normalized spacial score (nSPS) is 11.1. The summed E-state index contributed by atoms with van der Waals surface area (Å²) in [7, 11) is 2.96. The number of benzene rings is 2. The summed E-state index contributed by atoms with van der Waals surface area (Å²) in [5.41, 5.74) is 0.700. The molecule has 2 N–H and O–H groups in total. The molecule has 0 aliphatic heterocycles. The fourth-order valence-corrected chi connectivity index (χ4v) is 4.22. The lowest BCUT2D eigenvalue weighted by Gasteiger charge is -2.12. The van der Waals surface area contributed by atoms with Gasteiger partial charge >= 0.3 is 0 Å². The van der Waals surface area contributed by atoms with Crippen molar-refractivity contribution < 1.29 is 27.9 Å². The number of methoxy groups -OCH3 is 2. The second-order valence-corrected chi connectivity index (χ2v) is 8.62. The van der Waals surface area contributed by atoms with Gasteiger partial charge in [0.05, 0.1) is 20.5 Å². The predicted molar refractivity (Wildman–Crippen MR) is 134 cm³/mol. The first-order chi connectivity index (χ1) is 16.9. The Morgan fingerprint density at radius 1 is 1.11 bits per heavy atom. The maximum absolute atomic E-state index is 13.9. The lowest BCUT2D eigenvalue weighted by atomic mass is 10.1. The monoisotopic (exact) mass is 518 g/mol. The van der Waals surface area contributed by atoms with E-state index in [1.807, 2.05) is 0 Å². The molecule has 0 saturated heterocycles. The molecule has 0 radical (unpaired) electrons. The van der Waals surface area contributed by atoms with E-state index >= 15 is 0 Å². The van der Waals surface area contributed by atoms with Crippen LogP contribution in [0.2, 0.25) is 5.02 Å². The molecule has 2 amide bonds. The Labute approximate surface area is 211 Å². The summed E-state index contributed by atoms with van der Waals surface area (Å²) in [6, 6.07) is 12.5. The molecule has 0 bridgehead atoms. The SMILES string of the molecule is COc1ccc(C(=O)N/C(=C\c2ccco2)C(=O)NCCSCc2c(F)cccc2Cl)cc1OC. The van der Waals surface area contributed by atoms with Crippen LogP contribution in [-0.2, 0) is 10.5 Å². The minimum atomic E-state index is -0.512. The third-order valence-electron chi connectivity index (χ3n) is 4.81. The van der Waals surface area contributed by atoms with Crippen LogP contribution in [0.3, 0.4) is 0 Å². The van der Waals surface area contributed by atoms with Gasteiger partial charge in [-0.3, -0.25) is 9.59 Å². The highest BCUT2D eigenvalue weighted by atomic mass is 35.5. The Morgan fingerprint density at radius 2 is 1.91 bits per heavy atom. The number of carbonyl (C=O) groups is 2. The van der Waals surface area contributed by atoms with Gasteiger partial charge in [-0.2, -0.15) is 11.8 Å². The zero-order chi connectivity index (χ0) is 25.2. The molecule has 0 aliphatic carbocycles. The first-order valence-electron chi connectivity index (χ1n) is 10.5. The summed E-state index contributed by atoms with van der Waals surface area (Å²) < 4.78 is 29.6. The van der Waals surface area contributed by atoms with E-state index in [0.29, 0.717) is 39.4 Å². The predicted octanol–water partition coefficient (Wildman–Crippen LogP) is 4.91. The van der Waals surface area contributed by atoms with Gasteiger partial charge in [-0.05, 0) is 42.5 Å². The minimum absolute atomic E-state index is 0.00174. The van der Waals surface area contributed by atoms with Crippen LogP contribution in [0, 0.1) is 5.82 Å². The van der Waals surface area contributed by atoms with Crippen molar-refractivity contribution >= 4 is 41.3 Å². The molecule has 0 atom stereocenters. The molecule has 0 fully saturated rings. The van der Waals surface area contributed by atoms with Gasteiger partial charge < -0.3 is 24.5 Å². The van der Waals surface area contributed by atoms with E-state index in [4.69, 9.17) is 25.5 Å². The van der Waals surface area contributed by atoms with Crippen LogP contribution < -0.4 is 20.1 Å². The van der Waals surface area contributed by atoms with Crippen LogP contribution in [-0.4, -0.2) is 38.3 Å². The summed E-state index contributed by atoms with van der Waals surface area (Å²) >= 11 is 7.46. The molecule has 0 unspecified atom stereocenters. The van der Waals surface area contributed by atoms with Crippen LogP contribution in [0.15, 0.2) is 64.9 Å². The van der Waals surface area contributed by atoms with Gasteiger partial charge in [-0.25, -0.2) is 4.39 Å². The van der Waals surface area contributed by atoms with Gasteiger partial charge in [0.2, 0.25) is 0 Å². The number of halogens is 2. The molecule has 0 spiro atoms. The van der Waals surface area contributed by atoms with E-state index in [9.17, 15) is 14.0 Å². The fourth-order valence-electron chi connectivity index (χ4n) is 3.02. The van der Waals surface area contributed by atoms with Crippen molar-refractivity contribution in [3.05, 3.63) is 88.2 Å². The largest absolute Gasteiger partial charge is 0.493 e. The van der Waals surface area contributed by atoms with Gasteiger partial charge in [0.1, 0.15) is 17.3 Å². The zero-order valence-electron chi connectivity index (χ0n) is 19.1. The summed E-state index contributed by atoms with van der Waals surface area (Å²) in [5, 5.41) is 5.74. The third-order valence-corrected chi connectivity index (χ3v) is 6.15. The van der Waals surface area contributed by atoms with Crippen LogP contribution in [0.1, 0.15) is 21.7 Å². The maximum atomic E-state index is 13.9. The van der Waals surface area contributed by atoms with Crippen LogP contribution in [0.25, 0.3) is 6.08 Å². The average Bonchev–Trinajstić information content (AvgIpc) is 3.37. The summed E-state index contributed by atoms with van der Waals surface area (Å²) in [5.74, 6) is 0.750. The number of furan rings is 1. The number of carbonyl (C=O) groups excluding carboxylic acids is 2. The Kier molecular flexibility index (Phi) is 9.63. The second-order valence-electron chi connectivity index (χ2n) is 7.11. The lowest BCUT2D eigenvalue weighted by Crippen LogP contribution is -2.35. The number of thioether (sulfide) groups is 1. The van der Waals surface area contributed by atoms with E-state index < -0.39 is 11.8 Å². The highest BCUT2D eigenvalue weighted by molar-refractivity contribution is 7.98. The van der Waals surface area contributed by atoms with Crippen molar-refractivity contribution in [2.45, 2.75) is 5.75 Å². The molecule has 0 aliphatic rings. The summed E-state index contributed by atoms with van der Waals surface area (Å²) in [4.78, 5) is 25.7. The number of amides is 2. The van der Waals surface area contributed by atoms with Crippen molar-refractivity contribution in [1.29, 1.82) is 0 Å². The van der Waals surface area contributed by atoms with E-state index in [1.165, 1.54) is 50.5 Å². The fraction of sp³-hybridized carbons (Fsp3) is 0.200. The van der Waals surface area contributed by atoms with E-state index in [-0.39, 0.29) is 23.6 Å². The standard InChI is InChI=1S/C25H24ClFN2O5S/c1-32-22-9-8-16(13-23(22)33-2)24(30)29-21(14-17-5-4-11-34-17)25(31)28-10-12-35-15-18-19(26)6-3-7-20(18)27/h3-9,11,13-14H,10,12,15H2,1-2H3,(H,28,31)(H,29,30)/b21-14-. The topological polar surface area (TPSA) is 89.8 Å². The Hall–Kier alpha value is -3.43. The van der Waals surface area contributed by atoms with Crippen molar-refractivity contribution in [3.63, 3.8) is 0 Å². The molecule has 7 nitrogen and oxygen atoms in total. The quantitative estimate of drug-likeness (QED) is 0.277. The summed E-state index contributed by atoms with van der Waals surface area (Å²) in [6.45, 7) is 0.289. The molecule has 0 saturated carbocycles. The molecule has 3 rings (SSSR count). The Bertz CT molecular complexity index is 1180. The molecule has 2 aromatic carbocycles. The second kappa shape index (κ2) is 12.9. The number of ether oxygens (including phenoxy) is 2. The van der Waals surface area contributed by atoms with Crippen LogP contribution >= 0.6 is 23.4 Å². The molecule has 184 valence electrons.